The van der Waals surface area contributed by atoms with Crippen molar-refractivity contribution in [3.05, 3.63) is 0 Å². The number of hydrogen-bond donors (Lipinski definition) is 3. The molecule has 76 valence electrons. The van der Waals surface area contributed by atoms with E-state index in [1.54, 1.807) is 0 Å². The van der Waals surface area contributed by atoms with Crippen molar-refractivity contribution in [2.75, 3.05) is 6.54 Å². The quantitative estimate of drug-likeness (QED) is 0.544. The molecule has 0 radical (unpaired) electrons. The van der Waals surface area contributed by atoms with Crippen LogP contribution in [0.2, 0.25) is 0 Å². The number of hydrazine groups is 1. The van der Waals surface area contributed by atoms with Crippen LogP contribution < -0.4 is 16.2 Å². The van der Waals surface area contributed by atoms with Gasteiger partial charge in [0, 0.05) is 0 Å². The maximum absolute atomic E-state index is 11.1. The van der Waals surface area contributed by atoms with Crippen molar-refractivity contribution in [3.63, 3.8) is 0 Å². The average Bonchev–Trinajstić information content (AvgIpc) is 2.62. The van der Waals surface area contributed by atoms with Crippen LogP contribution in [0.4, 0.5) is 4.79 Å². The SMILES string of the molecule is CC1(CNC(=O)OC(C)(C)C)NN1. The second-order valence-electron chi connectivity index (χ2n) is 4.44. The third-order valence-corrected chi connectivity index (χ3v) is 1.54. The minimum absolute atomic E-state index is 0.156. The van der Waals surface area contributed by atoms with Gasteiger partial charge in [-0.15, -0.1) is 0 Å². The maximum Gasteiger partial charge on any atom is 0.407 e. The first-order valence-electron chi connectivity index (χ1n) is 4.32. The van der Waals surface area contributed by atoms with Crippen LogP contribution in [0.25, 0.3) is 0 Å². The summed E-state index contributed by atoms with van der Waals surface area (Å²) in [6.07, 6.45) is -0.385. The van der Waals surface area contributed by atoms with E-state index in [0.717, 1.165) is 0 Å². The summed E-state index contributed by atoms with van der Waals surface area (Å²) < 4.78 is 5.06. The third kappa shape index (κ3) is 4.10. The van der Waals surface area contributed by atoms with Crippen LogP contribution >= 0.6 is 0 Å². The van der Waals surface area contributed by atoms with Crippen LogP contribution in [-0.4, -0.2) is 23.9 Å². The molecular formula is C8H17N3O2. The number of rotatable bonds is 2. The van der Waals surface area contributed by atoms with E-state index in [0.29, 0.717) is 6.54 Å². The molecule has 13 heavy (non-hydrogen) atoms. The predicted molar refractivity (Wildman–Crippen MR) is 48.9 cm³/mol. The number of amides is 1. The van der Waals surface area contributed by atoms with Gasteiger partial charge in [-0.1, -0.05) is 0 Å². The van der Waals surface area contributed by atoms with E-state index in [4.69, 9.17) is 4.74 Å². The summed E-state index contributed by atoms with van der Waals surface area (Å²) >= 11 is 0. The largest absolute Gasteiger partial charge is 0.444 e. The Balaban J connectivity index is 2.18. The molecule has 1 fully saturated rings. The lowest BCUT2D eigenvalue weighted by molar-refractivity contribution is 0.0522. The predicted octanol–water partition coefficient (Wildman–Crippen LogP) is 0.335. The molecule has 0 aromatic heterocycles. The molecule has 1 saturated heterocycles. The number of carbonyl (C=O) groups is 1. The molecule has 0 bridgehead atoms. The van der Waals surface area contributed by atoms with Crippen molar-refractivity contribution in [1.82, 2.24) is 16.2 Å². The Bertz CT molecular complexity index is 206. The molecule has 1 heterocycles. The van der Waals surface area contributed by atoms with Crippen molar-refractivity contribution in [3.8, 4) is 0 Å². The summed E-state index contributed by atoms with van der Waals surface area (Å²) in [6.45, 7) is 7.97. The van der Waals surface area contributed by atoms with E-state index in [2.05, 4.69) is 16.2 Å². The van der Waals surface area contributed by atoms with Crippen LogP contribution in [0.3, 0.4) is 0 Å². The molecule has 0 unspecified atom stereocenters. The molecule has 5 nitrogen and oxygen atoms in total. The van der Waals surface area contributed by atoms with Crippen LogP contribution in [-0.2, 0) is 4.74 Å². The van der Waals surface area contributed by atoms with E-state index >= 15 is 0 Å². The molecule has 0 aromatic carbocycles. The van der Waals surface area contributed by atoms with Gasteiger partial charge in [-0.3, -0.25) is 0 Å². The molecule has 0 aromatic rings. The van der Waals surface area contributed by atoms with Crippen molar-refractivity contribution >= 4 is 6.09 Å². The Morgan fingerprint density at radius 1 is 1.46 bits per heavy atom. The zero-order valence-electron chi connectivity index (χ0n) is 8.52. The molecule has 1 aliphatic heterocycles. The Morgan fingerprint density at radius 3 is 2.38 bits per heavy atom. The highest BCUT2D eigenvalue weighted by Crippen LogP contribution is 2.08. The molecule has 1 amide bonds. The van der Waals surface area contributed by atoms with Gasteiger partial charge < -0.3 is 10.1 Å². The first kappa shape index (κ1) is 10.3. The fourth-order valence-electron chi connectivity index (χ4n) is 0.758. The van der Waals surface area contributed by atoms with Gasteiger partial charge in [0.15, 0.2) is 0 Å². The van der Waals surface area contributed by atoms with Gasteiger partial charge in [-0.2, -0.15) is 0 Å². The summed E-state index contributed by atoms with van der Waals surface area (Å²) in [5.41, 5.74) is 5.23. The summed E-state index contributed by atoms with van der Waals surface area (Å²) in [5.74, 6) is 0. The smallest absolute Gasteiger partial charge is 0.407 e. The Kier molecular flexibility index (Phi) is 2.49. The molecule has 0 saturated carbocycles. The highest BCUT2D eigenvalue weighted by atomic mass is 16.6. The van der Waals surface area contributed by atoms with E-state index in [1.807, 2.05) is 27.7 Å². The lowest BCUT2D eigenvalue weighted by Gasteiger charge is -2.20. The van der Waals surface area contributed by atoms with Crippen molar-refractivity contribution < 1.29 is 9.53 Å². The number of alkyl carbamates (subject to hydrolysis) is 1. The minimum atomic E-state index is -0.435. The van der Waals surface area contributed by atoms with Crippen LogP contribution in [0, 0.1) is 0 Å². The topological polar surface area (TPSA) is 82.2 Å². The monoisotopic (exact) mass is 187 g/mol. The van der Waals surface area contributed by atoms with Gasteiger partial charge in [0.05, 0.1) is 6.54 Å². The maximum atomic E-state index is 11.1. The second kappa shape index (κ2) is 3.16. The molecule has 3 N–H and O–H groups in total. The van der Waals surface area contributed by atoms with E-state index < -0.39 is 5.60 Å². The second-order valence-corrected chi connectivity index (χ2v) is 4.44. The van der Waals surface area contributed by atoms with Crippen molar-refractivity contribution in [1.29, 1.82) is 0 Å². The van der Waals surface area contributed by atoms with Crippen LogP contribution in [0.5, 0.6) is 0 Å². The zero-order valence-corrected chi connectivity index (χ0v) is 8.52. The first-order valence-corrected chi connectivity index (χ1v) is 4.32. The molecule has 0 atom stereocenters. The molecule has 5 heteroatoms. The minimum Gasteiger partial charge on any atom is -0.444 e. The van der Waals surface area contributed by atoms with Gasteiger partial charge in [-0.25, -0.2) is 15.6 Å². The van der Waals surface area contributed by atoms with Crippen molar-refractivity contribution in [2.45, 2.75) is 39.0 Å². The molecule has 1 aliphatic rings. The fraction of sp³-hybridized carbons (Fsp3) is 0.875. The number of hydrogen-bond acceptors (Lipinski definition) is 4. The third-order valence-electron chi connectivity index (χ3n) is 1.54. The standard InChI is InChI=1S/C8H17N3O2/c1-7(2,3)13-6(12)9-5-8(4)10-11-8/h10-11H,5H2,1-4H3,(H,9,12). The zero-order chi connectivity index (χ0) is 10.1. The van der Waals surface area contributed by atoms with E-state index in [-0.39, 0.29) is 11.8 Å². The van der Waals surface area contributed by atoms with Gasteiger partial charge in [0.25, 0.3) is 0 Å². The lowest BCUT2D eigenvalue weighted by Crippen LogP contribution is -2.38. The van der Waals surface area contributed by atoms with E-state index in [9.17, 15) is 4.79 Å². The molecular weight excluding hydrogens is 170 g/mol. The van der Waals surface area contributed by atoms with Crippen molar-refractivity contribution in [2.24, 2.45) is 0 Å². The molecule has 0 aliphatic carbocycles. The average molecular weight is 187 g/mol. The number of ether oxygens (including phenoxy) is 1. The highest BCUT2D eigenvalue weighted by molar-refractivity contribution is 5.67. The fourth-order valence-corrected chi connectivity index (χ4v) is 0.758. The van der Waals surface area contributed by atoms with Gasteiger partial charge >= 0.3 is 6.09 Å². The number of nitrogens with one attached hydrogen (secondary N) is 3. The molecule has 0 spiro atoms. The summed E-state index contributed by atoms with van der Waals surface area (Å²) in [6, 6.07) is 0. The lowest BCUT2D eigenvalue weighted by atomic mass is 10.2. The Hall–Kier alpha value is -0.810. The first-order chi connectivity index (χ1) is 5.81. The Labute approximate surface area is 78.2 Å². The van der Waals surface area contributed by atoms with E-state index in [1.165, 1.54) is 0 Å². The Morgan fingerprint density at radius 2 is 2.00 bits per heavy atom. The van der Waals surface area contributed by atoms with Gasteiger partial charge in [0.1, 0.15) is 11.3 Å². The van der Waals surface area contributed by atoms with Gasteiger partial charge in [-0.05, 0) is 27.7 Å². The normalized spacial score (nSPS) is 19.4. The van der Waals surface area contributed by atoms with Gasteiger partial charge in [0.2, 0.25) is 0 Å². The number of carbonyl (C=O) groups excluding carboxylic acids is 1. The van der Waals surface area contributed by atoms with Crippen LogP contribution in [0.1, 0.15) is 27.7 Å². The highest BCUT2D eigenvalue weighted by Gasteiger charge is 2.36. The molecule has 1 rings (SSSR count). The summed E-state index contributed by atoms with van der Waals surface area (Å²) in [4.78, 5) is 11.1. The summed E-state index contributed by atoms with van der Waals surface area (Å²) in [7, 11) is 0. The van der Waals surface area contributed by atoms with Crippen LogP contribution in [0.15, 0.2) is 0 Å². The summed E-state index contributed by atoms with van der Waals surface area (Å²) in [5, 5.41) is 2.66.